The Morgan fingerprint density at radius 3 is 2.71 bits per heavy atom. The minimum absolute atomic E-state index is 0.0330. The maximum absolute atomic E-state index is 11.9. The second-order valence-corrected chi connectivity index (χ2v) is 3.66. The Morgan fingerprint density at radius 1 is 1.43 bits per heavy atom. The zero-order chi connectivity index (χ0) is 10.3. The molecule has 0 aliphatic rings. The highest BCUT2D eigenvalue weighted by Crippen LogP contribution is 2.10. The molecule has 0 bridgehead atoms. The van der Waals surface area contributed by atoms with Crippen LogP contribution in [0.1, 0.15) is 19.9 Å². The third-order valence-corrected chi connectivity index (χ3v) is 2.40. The van der Waals surface area contributed by atoms with Crippen molar-refractivity contribution in [2.75, 3.05) is 0 Å². The molecule has 4 heteroatoms. The first-order valence-electron chi connectivity index (χ1n) is 4.64. The molecule has 0 fully saturated rings. The Balaban J connectivity index is 2.93. The van der Waals surface area contributed by atoms with E-state index in [2.05, 4.69) is 4.98 Å². The molecule has 0 saturated heterocycles. The van der Waals surface area contributed by atoms with Crippen molar-refractivity contribution in [1.82, 2.24) is 14.3 Å². The van der Waals surface area contributed by atoms with Crippen LogP contribution in [0.5, 0.6) is 0 Å². The Labute approximate surface area is 81.8 Å². The molecular formula is C10H13N3O. The molecule has 2 aromatic rings. The number of aromatic nitrogens is 3. The standard InChI is InChI=1S/C10H13N3O/c1-7(2)13-10(14)8-6-11-5-4-9(8)12(13)3/h4-7H,1-3H3. The minimum atomic E-state index is 0.0330. The average molecular weight is 191 g/mol. The molecule has 74 valence electrons. The van der Waals surface area contributed by atoms with E-state index < -0.39 is 0 Å². The Morgan fingerprint density at radius 2 is 2.14 bits per heavy atom. The summed E-state index contributed by atoms with van der Waals surface area (Å²) in [7, 11) is 1.89. The quantitative estimate of drug-likeness (QED) is 0.682. The zero-order valence-electron chi connectivity index (χ0n) is 8.56. The largest absolute Gasteiger partial charge is 0.285 e. The van der Waals surface area contributed by atoms with E-state index in [-0.39, 0.29) is 11.6 Å². The van der Waals surface area contributed by atoms with Crippen molar-refractivity contribution < 1.29 is 0 Å². The highest BCUT2D eigenvalue weighted by Gasteiger charge is 2.11. The lowest BCUT2D eigenvalue weighted by atomic mass is 10.3. The van der Waals surface area contributed by atoms with Crippen LogP contribution >= 0.6 is 0 Å². The Kier molecular flexibility index (Phi) is 1.91. The van der Waals surface area contributed by atoms with Gasteiger partial charge < -0.3 is 0 Å². The highest BCUT2D eigenvalue weighted by atomic mass is 16.1. The van der Waals surface area contributed by atoms with Crippen molar-refractivity contribution >= 4 is 10.9 Å². The van der Waals surface area contributed by atoms with Crippen LogP contribution in [0.3, 0.4) is 0 Å². The van der Waals surface area contributed by atoms with E-state index in [1.54, 1.807) is 17.1 Å². The first-order valence-corrected chi connectivity index (χ1v) is 4.64. The number of aryl methyl sites for hydroxylation is 1. The van der Waals surface area contributed by atoms with E-state index >= 15 is 0 Å². The van der Waals surface area contributed by atoms with Gasteiger partial charge in [-0.15, -0.1) is 0 Å². The van der Waals surface area contributed by atoms with Crippen LogP contribution in [0, 0.1) is 0 Å². The van der Waals surface area contributed by atoms with E-state index in [0.717, 1.165) is 5.52 Å². The smallest absolute Gasteiger partial charge is 0.276 e. The minimum Gasteiger partial charge on any atom is -0.285 e. The first kappa shape index (κ1) is 8.99. The summed E-state index contributed by atoms with van der Waals surface area (Å²) in [5.41, 5.74) is 0.962. The van der Waals surface area contributed by atoms with Crippen LogP contribution in [-0.2, 0) is 7.05 Å². The summed E-state index contributed by atoms with van der Waals surface area (Å²) in [4.78, 5) is 15.9. The molecule has 0 aromatic carbocycles. The van der Waals surface area contributed by atoms with Crippen LogP contribution in [0.4, 0.5) is 0 Å². The van der Waals surface area contributed by atoms with Crippen LogP contribution in [0.25, 0.3) is 10.9 Å². The normalized spacial score (nSPS) is 11.4. The molecule has 4 nitrogen and oxygen atoms in total. The number of hydrogen-bond donors (Lipinski definition) is 0. The van der Waals surface area contributed by atoms with Gasteiger partial charge in [-0.3, -0.25) is 14.5 Å². The predicted octanol–water partition coefficient (Wildman–Crippen LogP) is 1.32. The number of fused-ring (bicyclic) bond motifs is 1. The topological polar surface area (TPSA) is 39.8 Å². The van der Waals surface area contributed by atoms with Gasteiger partial charge >= 0.3 is 0 Å². The molecule has 0 unspecified atom stereocenters. The van der Waals surface area contributed by atoms with Crippen molar-refractivity contribution in [3.8, 4) is 0 Å². The highest BCUT2D eigenvalue weighted by molar-refractivity contribution is 5.77. The van der Waals surface area contributed by atoms with Gasteiger partial charge in [0.15, 0.2) is 0 Å². The summed E-state index contributed by atoms with van der Waals surface area (Å²) in [5.74, 6) is 0. The fourth-order valence-electron chi connectivity index (χ4n) is 1.79. The van der Waals surface area contributed by atoms with Gasteiger partial charge in [-0.05, 0) is 19.9 Å². The lowest BCUT2D eigenvalue weighted by Gasteiger charge is -2.10. The van der Waals surface area contributed by atoms with Gasteiger partial charge in [0, 0.05) is 25.5 Å². The van der Waals surface area contributed by atoms with Crippen molar-refractivity contribution in [2.24, 2.45) is 7.05 Å². The maximum atomic E-state index is 11.9. The van der Waals surface area contributed by atoms with Crippen molar-refractivity contribution in [3.05, 3.63) is 28.8 Å². The van der Waals surface area contributed by atoms with E-state index in [9.17, 15) is 4.79 Å². The number of nitrogens with zero attached hydrogens (tertiary/aromatic N) is 3. The summed E-state index contributed by atoms with van der Waals surface area (Å²) >= 11 is 0. The molecule has 2 heterocycles. The van der Waals surface area contributed by atoms with Gasteiger partial charge in [0.25, 0.3) is 5.56 Å². The molecule has 14 heavy (non-hydrogen) atoms. The van der Waals surface area contributed by atoms with Crippen LogP contribution in [0.2, 0.25) is 0 Å². The SMILES string of the molecule is CC(C)n1c(=O)c2cnccc2n1C. The van der Waals surface area contributed by atoms with Crippen LogP contribution in [-0.4, -0.2) is 14.3 Å². The zero-order valence-corrected chi connectivity index (χ0v) is 8.56. The van der Waals surface area contributed by atoms with E-state index in [0.29, 0.717) is 5.39 Å². The van der Waals surface area contributed by atoms with E-state index in [4.69, 9.17) is 0 Å². The number of hydrogen-bond acceptors (Lipinski definition) is 2. The van der Waals surface area contributed by atoms with Crippen molar-refractivity contribution in [3.63, 3.8) is 0 Å². The molecule has 0 atom stereocenters. The third kappa shape index (κ3) is 1.07. The molecule has 0 aliphatic carbocycles. The molecule has 2 rings (SSSR count). The second-order valence-electron chi connectivity index (χ2n) is 3.66. The lowest BCUT2D eigenvalue weighted by Crippen LogP contribution is -2.23. The van der Waals surface area contributed by atoms with Gasteiger partial charge in [0.05, 0.1) is 10.9 Å². The molecule has 2 aromatic heterocycles. The summed E-state index contributed by atoms with van der Waals surface area (Å²) in [5, 5.41) is 0.684. The maximum Gasteiger partial charge on any atom is 0.276 e. The summed E-state index contributed by atoms with van der Waals surface area (Å²) in [6.45, 7) is 3.99. The van der Waals surface area contributed by atoms with E-state index in [1.165, 1.54) is 0 Å². The molecule has 0 radical (unpaired) electrons. The summed E-state index contributed by atoms with van der Waals surface area (Å²) in [6.07, 6.45) is 3.32. The fraction of sp³-hybridized carbons (Fsp3) is 0.400. The predicted molar refractivity (Wildman–Crippen MR) is 55.4 cm³/mol. The third-order valence-electron chi connectivity index (χ3n) is 2.40. The average Bonchev–Trinajstić information content (AvgIpc) is 2.41. The van der Waals surface area contributed by atoms with Crippen LogP contribution in [0.15, 0.2) is 23.3 Å². The fourth-order valence-corrected chi connectivity index (χ4v) is 1.79. The summed E-state index contributed by atoms with van der Waals surface area (Å²) < 4.78 is 3.61. The molecule has 0 spiro atoms. The molecule has 0 N–H and O–H groups in total. The van der Waals surface area contributed by atoms with Gasteiger partial charge in [0.2, 0.25) is 0 Å². The van der Waals surface area contributed by atoms with Crippen LogP contribution < -0.4 is 5.56 Å². The Hall–Kier alpha value is -1.58. The first-order chi connectivity index (χ1) is 6.63. The van der Waals surface area contributed by atoms with Gasteiger partial charge in [-0.1, -0.05) is 0 Å². The molecular weight excluding hydrogens is 178 g/mol. The lowest BCUT2D eigenvalue weighted by molar-refractivity contribution is 0.447. The van der Waals surface area contributed by atoms with Gasteiger partial charge in [0.1, 0.15) is 0 Å². The number of rotatable bonds is 1. The molecule has 0 saturated carbocycles. The summed E-state index contributed by atoms with van der Waals surface area (Å²) in [6, 6.07) is 2.02. The van der Waals surface area contributed by atoms with Gasteiger partial charge in [-0.25, -0.2) is 4.68 Å². The van der Waals surface area contributed by atoms with Crippen molar-refractivity contribution in [2.45, 2.75) is 19.9 Å². The monoisotopic (exact) mass is 191 g/mol. The molecule has 0 amide bonds. The van der Waals surface area contributed by atoms with Gasteiger partial charge in [-0.2, -0.15) is 0 Å². The van der Waals surface area contributed by atoms with E-state index in [1.807, 2.05) is 31.6 Å². The molecule has 0 aliphatic heterocycles. The Bertz CT molecular complexity index is 522. The number of pyridine rings is 1. The second kappa shape index (κ2) is 2.97. The van der Waals surface area contributed by atoms with Crippen molar-refractivity contribution in [1.29, 1.82) is 0 Å².